The number of halogens is 8. The molecule has 0 bridgehead atoms. The predicted octanol–water partition coefficient (Wildman–Crippen LogP) is 8.49. The van der Waals surface area contributed by atoms with Crippen molar-refractivity contribution in [2.24, 2.45) is 21.8 Å². The number of hydrogen-bond donors (Lipinski definition) is 4. The number of carboxylic acid groups (broad SMARTS) is 2. The summed E-state index contributed by atoms with van der Waals surface area (Å²) in [4.78, 5) is 68.7. The van der Waals surface area contributed by atoms with Crippen molar-refractivity contribution in [3.8, 4) is 0 Å². The highest BCUT2D eigenvalue weighted by Crippen LogP contribution is 2.40. The normalized spacial score (nSPS) is 21.9. The highest BCUT2D eigenvalue weighted by Gasteiger charge is 2.43. The number of aliphatic imine (C=N–C) groups is 2. The summed E-state index contributed by atoms with van der Waals surface area (Å²) in [5, 5.41) is 28.5. The molecule has 26 heteroatoms. The monoisotopic (exact) mass is 1120 g/mol. The van der Waals surface area contributed by atoms with Gasteiger partial charge < -0.3 is 30.3 Å². The molecular formula is C49H46Cl2F6N8O8S2. The Kier molecular flexibility index (Phi) is 18.4. The summed E-state index contributed by atoms with van der Waals surface area (Å²) in [6.07, 6.45) is 6.34. The van der Waals surface area contributed by atoms with Crippen molar-refractivity contribution in [3.63, 3.8) is 0 Å². The first kappa shape index (κ1) is 56.3. The van der Waals surface area contributed by atoms with Crippen molar-refractivity contribution in [2.45, 2.75) is 43.7 Å². The van der Waals surface area contributed by atoms with Gasteiger partial charge in [-0.1, -0.05) is 47.5 Å². The van der Waals surface area contributed by atoms with E-state index in [0.717, 1.165) is 24.3 Å². The minimum Gasteiger partial charge on any atom is -0.478 e. The van der Waals surface area contributed by atoms with Gasteiger partial charge >= 0.3 is 23.9 Å². The number of likely N-dealkylation sites (tertiary alicyclic amines) is 2. The molecule has 398 valence electrons. The molecule has 0 spiro atoms. The Hall–Kier alpha value is -6.44. The zero-order valence-electron chi connectivity index (χ0n) is 39.6. The minimum absolute atomic E-state index is 0.0262. The van der Waals surface area contributed by atoms with Crippen LogP contribution in [0.2, 0.25) is 10.0 Å². The van der Waals surface area contributed by atoms with Crippen LogP contribution in [0.4, 0.5) is 26.3 Å². The first-order chi connectivity index (χ1) is 35.6. The number of piperidine rings is 2. The number of nitrogens with one attached hydrogen (secondary N) is 2. The second-order valence-corrected chi connectivity index (χ2v) is 20.0. The predicted molar refractivity (Wildman–Crippen MR) is 267 cm³/mol. The lowest BCUT2D eigenvalue weighted by Gasteiger charge is -2.38. The molecular weight excluding hydrogens is 1080 g/mol. The van der Waals surface area contributed by atoms with Crippen LogP contribution < -0.4 is 10.6 Å². The number of aromatic nitrogens is 2. The lowest BCUT2D eigenvalue weighted by molar-refractivity contribution is -0.139. The van der Waals surface area contributed by atoms with Crippen LogP contribution in [0, 0.1) is 23.5 Å². The second-order valence-electron chi connectivity index (χ2n) is 17.4. The van der Waals surface area contributed by atoms with Crippen LogP contribution in [0.25, 0.3) is 0 Å². The first-order valence-corrected chi connectivity index (χ1v) is 25.3. The number of aliphatic carboxylic acids is 2. The number of thiazole rings is 2. The Morgan fingerprint density at radius 2 is 1.16 bits per heavy atom. The van der Waals surface area contributed by atoms with Crippen LogP contribution in [0.15, 0.2) is 116 Å². The molecule has 0 saturated carbocycles. The minimum atomic E-state index is -3.09. The SMILES string of the molecule is CCOC(=O)C1=C(CN2CC(/C=C/C(=O)O)CC(F)(F)C2)NC(c2nccs2)=NC1c1ccc(F)cc1Cl.COC(=O)C1=C(CN2CC(/C=C/C(=O)O)CC(F)(F)C2)NC(c2nccs2)=NC1c1ccc(F)cc1Cl. The highest BCUT2D eigenvalue weighted by atomic mass is 35.5. The molecule has 8 rings (SSSR count). The number of carbonyl (C=O) groups excluding carboxylic acids is 2. The van der Waals surface area contributed by atoms with Gasteiger partial charge in [-0.05, 0) is 43.0 Å². The Balaban J connectivity index is 0.000000219. The number of rotatable bonds is 15. The highest BCUT2D eigenvalue weighted by molar-refractivity contribution is 7.12. The zero-order valence-corrected chi connectivity index (χ0v) is 42.8. The molecule has 4 aliphatic heterocycles. The third-order valence-electron chi connectivity index (χ3n) is 11.7. The standard InChI is InChI=1S/C25H24ClF3N4O4S.C24H22ClF3N4O4S/c1-2-37-24(36)20-18(12-33-11-14(3-6-19(34)35)10-25(28,29)13-33)31-22(23-30-7-8-38-23)32-21(20)16-5-4-15(27)9-17(16)26;1-36-23(35)19-17(11-32-10-13(2-5-18(33)34)9-24(27,28)12-32)30-21(22-29-6-7-37-22)31-20(19)15-4-3-14(26)8-16(15)25/h3-9,14,21H,2,10-13H2,1H3,(H,31,32)(H,34,35);2-8,13,20H,9-12H2,1H3,(H,30,31)(H,33,34)/b6-3+;5-2+. The molecule has 16 nitrogen and oxygen atoms in total. The second kappa shape index (κ2) is 24.5. The van der Waals surface area contributed by atoms with Gasteiger partial charge in [-0.3, -0.25) is 19.8 Å². The summed E-state index contributed by atoms with van der Waals surface area (Å²) < 4.78 is 96.4. The van der Waals surface area contributed by atoms with E-state index in [9.17, 15) is 45.5 Å². The number of benzene rings is 2. The number of esters is 2. The van der Waals surface area contributed by atoms with Gasteiger partial charge in [0.1, 0.15) is 23.7 Å². The number of ether oxygens (including phenoxy) is 2. The van der Waals surface area contributed by atoms with Gasteiger partial charge in [-0.15, -0.1) is 22.7 Å². The van der Waals surface area contributed by atoms with Crippen molar-refractivity contribution in [1.82, 2.24) is 30.4 Å². The Morgan fingerprint density at radius 1 is 0.733 bits per heavy atom. The molecule has 4 atom stereocenters. The van der Waals surface area contributed by atoms with Gasteiger partial charge in [0.05, 0.1) is 38.0 Å². The largest absolute Gasteiger partial charge is 0.478 e. The van der Waals surface area contributed by atoms with Gasteiger partial charge in [-0.25, -0.2) is 55.5 Å². The number of nitrogens with zero attached hydrogens (tertiary/aromatic N) is 6. The molecule has 4 unspecified atom stereocenters. The van der Waals surface area contributed by atoms with Gasteiger partial charge in [0.15, 0.2) is 21.7 Å². The van der Waals surface area contributed by atoms with Crippen LogP contribution in [0.3, 0.4) is 0 Å². The number of carboxylic acids is 2. The maximum absolute atomic E-state index is 14.7. The summed E-state index contributed by atoms with van der Waals surface area (Å²) in [5.74, 6) is -12.1. The summed E-state index contributed by atoms with van der Waals surface area (Å²) >= 11 is 15.2. The van der Waals surface area contributed by atoms with Crippen molar-refractivity contribution in [1.29, 1.82) is 0 Å². The van der Waals surface area contributed by atoms with E-state index < -0.39 is 97.2 Å². The van der Waals surface area contributed by atoms with Gasteiger partial charge in [-0.2, -0.15) is 0 Å². The maximum atomic E-state index is 14.7. The van der Waals surface area contributed by atoms with Gasteiger partial charge in [0, 0.05) is 107 Å². The number of alkyl halides is 4. The maximum Gasteiger partial charge on any atom is 0.338 e. The molecule has 0 aliphatic carbocycles. The van der Waals surface area contributed by atoms with E-state index in [1.807, 2.05) is 0 Å². The van der Waals surface area contributed by atoms with E-state index >= 15 is 0 Å². The van der Waals surface area contributed by atoms with Crippen molar-refractivity contribution in [3.05, 3.63) is 149 Å². The van der Waals surface area contributed by atoms with Gasteiger partial charge in [0.25, 0.3) is 11.8 Å². The van der Waals surface area contributed by atoms with E-state index in [1.54, 1.807) is 30.1 Å². The van der Waals surface area contributed by atoms with Crippen LogP contribution in [0.1, 0.15) is 53.0 Å². The summed E-state index contributed by atoms with van der Waals surface area (Å²) in [7, 11) is 1.18. The molecule has 0 amide bonds. The summed E-state index contributed by atoms with van der Waals surface area (Å²) in [6.45, 7) is 0.484. The third kappa shape index (κ3) is 14.7. The Bertz CT molecular complexity index is 2980. The zero-order chi connectivity index (χ0) is 54.2. The fourth-order valence-electron chi connectivity index (χ4n) is 8.89. The number of hydrogen-bond acceptors (Lipinski definition) is 16. The van der Waals surface area contributed by atoms with Gasteiger partial charge in [0.2, 0.25) is 0 Å². The molecule has 75 heavy (non-hydrogen) atoms. The summed E-state index contributed by atoms with van der Waals surface area (Å²) in [5.41, 5.74) is 1.23. The molecule has 6 heterocycles. The molecule has 4 N–H and O–H groups in total. The molecule has 4 aliphatic rings. The summed E-state index contributed by atoms with van der Waals surface area (Å²) in [6, 6.07) is 5.33. The molecule has 2 fully saturated rings. The average Bonchev–Trinajstić information content (AvgIpc) is 4.08. The van der Waals surface area contributed by atoms with E-state index in [4.69, 9.17) is 42.9 Å². The lowest BCUT2D eigenvalue weighted by atomic mass is 9.92. The first-order valence-electron chi connectivity index (χ1n) is 22.8. The number of methoxy groups -OCH3 is 1. The quantitative estimate of drug-likeness (QED) is 0.0500. The fraction of sp³-hybridized carbons (Fsp3) is 0.347. The number of amidine groups is 2. The molecule has 0 radical (unpaired) electrons. The van der Waals surface area contributed by atoms with Crippen molar-refractivity contribution in [2.75, 3.05) is 53.0 Å². The average molecular weight is 1120 g/mol. The Morgan fingerprint density at radius 3 is 1.52 bits per heavy atom. The van der Waals surface area contributed by atoms with Crippen molar-refractivity contribution >= 4 is 81.4 Å². The van der Waals surface area contributed by atoms with Crippen LogP contribution in [-0.4, -0.2) is 130 Å². The lowest BCUT2D eigenvalue weighted by Crippen LogP contribution is -2.49. The van der Waals surface area contributed by atoms with Crippen LogP contribution in [-0.2, 0) is 28.7 Å². The third-order valence-corrected chi connectivity index (χ3v) is 14.0. The van der Waals surface area contributed by atoms with Crippen molar-refractivity contribution < 1.29 is 65.2 Å². The fourth-order valence-corrected chi connectivity index (χ4v) is 10.6. The topological polar surface area (TPSA) is 208 Å². The van der Waals surface area contributed by atoms with E-state index in [2.05, 4.69) is 30.6 Å². The smallest absolute Gasteiger partial charge is 0.338 e. The molecule has 4 aromatic rings. The molecule has 2 aromatic carbocycles. The number of carbonyl (C=O) groups is 4. The van der Waals surface area contributed by atoms with E-state index in [0.29, 0.717) is 27.0 Å². The molecule has 2 aromatic heterocycles. The van der Waals surface area contributed by atoms with E-state index in [1.165, 1.54) is 76.0 Å². The van der Waals surface area contributed by atoms with E-state index in [-0.39, 0.29) is 71.2 Å². The van der Waals surface area contributed by atoms with Crippen LogP contribution >= 0.6 is 45.9 Å². The molecule has 2 saturated heterocycles. The Labute approximate surface area is 442 Å². The van der Waals surface area contributed by atoms with Crippen LogP contribution in [0.5, 0.6) is 0 Å².